The van der Waals surface area contributed by atoms with Gasteiger partial charge in [0.05, 0.1) is 0 Å². The Morgan fingerprint density at radius 1 is 0.253 bits per heavy atom. The van der Waals surface area contributed by atoms with Gasteiger partial charge < -0.3 is 14.2 Å². The third-order valence-electron chi connectivity index (χ3n) is 13.7. The molecule has 0 bridgehead atoms. The number of allylic oxidation sites excluding steroid dienone is 28. The number of carbonyl (C=O) groups excluding carboxylic acids is 3. The monoisotopic (exact) mass is 1140 g/mol. The van der Waals surface area contributed by atoms with E-state index in [0.29, 0.717) is 12.8 Å². The van der Waals surface area contributed by atoms with Gasteiger partial charge in [-0.3, -0.25) is 14.4 Å². The van der Waals surface area contributed by atoms with E-state index in [0.717, 1.165) is 173 Å². The topological polar surface area (TPSA) is 78.9 Å². The minimum Gasteiger partial charge on any atom is -0.462 e. The molecule has 0 aromatic rings. The Morgan fingerprint density at radius 2 is 0.470 bits per heavy atom. The molecule has 83 heavy (non-hydrogen) atoms. The summed E-state index contributed by atoms with van der Waals surface area (Å²) in [6.45, 7) is 6.37. The van der Waals surface area contributed by atoms with Crippen molar-refractivity contribution >= 4 is 17.9 Å². The molecule has 0 amide bonds. The summed E-state index contributed by atoms with van der Waals surface area (Å²) >= 11 is 0. The van der Waals surface area contributed by atoms with Gasteiger partial charge in [-0.1, -0.05) is 294 Å². The quantitative estimate of drug-likeness (QED) is 0.0261. The summed E-state index contributed by atoms with van der Waals surface area (Å²) in [6, 6.07) is 0. The lowest BCUT2D eigenvalue weighted by atomic mass is 10.1. The molecule has 0 saturated heterocycles. The molecule has 1 atom stereocenters. The van der Waals surface area contributed by atoms with E-state index in [1.807, 2.05) is 0 Å². The zero-order valence-electron chi connectivity index (χ0n) is 53.4. The van der Waals surface area contributed by atoms with E-state index in [2.05, 4.69) is 191 Å². The minimum absolute atomic E-state index is 0.0984. The van der Waals surface area contributed by atoms with Gasteiger partial charge in [0, 0.05) is 19.3 Å². The summed E-state index contributed by atoms with van der Waals surface area (Å²) < 4.78 is 16.9. The van der Waals surface area contributed by atoms with Crippen LogP contribution in [0.1, 0.15) is 278 Å². The van der Waals surface area contributed by atoms with Gasteiger partial charge in [0.25, 0.3) is 0 Å². The average molecular weight is 1140 g/mol. The Bertz CT molecular complexity index is 1890. The highest BCUT2D eigenvalue weighted by molar-refractivity contribution is 5.71. The first-order valence-corrected chi connectivity index (χ1v) is 33.6. The second kappa shape index (κ2) is 69.3. The Morgan fingerprint density at radius 3 is 0.735 bits per heavy atom. The van der Waals surface area contributed by atoms with Crippen LogP contribution in [-0.4, -0.2) is 37.2 Å². The normalized spacial score (nSPS) is 13.2. The second-order valence-electron chi connectivity index (χ2n) is 21.6. The Labute approximate surface area is 511 Å². The summed E-state index contributed by atoms with van der Waals surface area (Å²) in [5, 5.41) is 0. The van der Waals surface area contributed by atoms with Gasteiger partial charge in [-0.05, 0) is 135 Å². The standard InChI is InChI=1S/C77H122O6/c1-4-7-10-13-16-19-22-24-26-28-30-32-34-35-36-37-38-39-40-41-43-44-46-48-50-52-55-58-61-64-67-70-76(79)82-73-74(72-81-75(78)69-66-63-60-57-54-21-18-15-12-9-6-3)83-77(80)71-68-65-62-59-56-53-51-49-47-45-42-33-31-29-27-25-23-20-17-14-11-8-5-2/h7-8,10-11,16-17,19-20,24-27,30-33,35-36,38-39,41,43,45-48,51,53,74H,4-6,9,12-15,18,21-23,28-29,34,37,40,42,44,49-50,52,54-73H2,1-3H3/b10-7-,11-8-,19-16-,20-17-,26-24-,27-25-,32-30-,33-31-,36-35-,39-38-,43-41-,47-45-,48-46-,53-51-. The Hall–Kier alpha value is -5.23. The van der Waals surface area contributed by atoms with Crippen molar-refractivity contribution < 1.29 is 28.6 Å². The molecular weight excluding hydrogens is 1020 g/mol. The van der Waals surface area contributed by atoms with Crippen molar-refractivity contribution in [3.05, 3.63) is 170 Å². The van der Waals surface area contributed by atoms with Crippen LogP contribution >= 0.6 is 0 Å². The maximum atomic E-state index is 12.9. The van der Waals surface area contributed by atoms with Crippen LogP contribution in [0.4, 0.5) is 0 Å². The molecule has 0 aliphatic carbocycles. The Kier molecular flexibility index (Phi) is 64.9. The van der Waals surface area contributed by atoms with Gasteiger partial charge in [-0.2, -0.15) is 0 Å². The van der Waals surface area contributed by atoms with Gasteiger partial charge in [-0.15, -0.1) is 0 Å². The summed E-state index contributed by atoms with van der Waals surface area (Å²) in [7, 11) is 0. The molecular formula is C77H122O6. The fourth-order valence-electron chi connectivity index (χ4n) is 8.76. The lowest BCUT2D eigenvalue weighted by Crippen LogP contribution is -2.30. The van der Waals surface area contributed by atoms with Crippen molar-refractivity contribution in [3.8, 4) is 0 Å². The average Bonchev–Trinajstić information content (AvgIpc) is 3.48. The van der Waals surface area contributed by atoms with Crippen LogP contribution in [-0.2, 0) is 28.6 Å². The van der Waals surface area contributed by atoms with E-state index >= 15 is 0 Å². The van der Waals surface area contributed by atoms with Crippen LogP contribution in [0.15, 0.2) is 170 Å². The summed E-state index contributed by atoms with van der Waals surface area (Å²) in [5.41, 5.74) is 0. The predicted molar refractivity (Wildman–Crippen MR) is 361 cm³/mol. The zero-order chi connectivity index (χ0) is 59.9. The van der Waals surface area contributed by atoms with E-state index in [9.17, 15) is 14.4 Å². The van der Waals surface area contributed by atoms with Crippen molar-refractivity contribution in [2.24, 2.45) is 0 Å². The van der Waals surface area contributed by atoms with E-state index in [1.165, 1.54) is 64.2 Å². The fourth-order valence-corrected chi connectivity index (χ4v) is 8.76. The number of unbranched alkanes of at least 4 members (excludes halogenated alkanes) is 20. The first-order valence-electron chi connectivity index (χ1n) is 33.6. The molecule has 0 spiro atoms. The van der Waals surface area contributed by atoms with E-state index in [1.54, 1.807) is 0 Å². The third-order valence-corrected chi connectivity index (χ3v) is 13.7. The highest BCUT2D eigenvalue weighted by atomic mass is 16.6. The second-order valence-corrected chi connectivity index (χ2v) is 21.6. The predicted octanol–water partition coefficient (Wildman–Crippen LogP) is 23.4. The largest absolute Gasteiger partial charge is 0.462 e. The lowest BCUT2D eigenvalue weighted by molar-refractivity contribution is -0.167. The Balaban J connectivity index is 4.38. The molecule has 0 aliphatic rings. The molecule has 0 fully saturated rings. The molecule has 0 N–H and O–H groups in total. The molecule has 6 nitrogen and oxygen atoms in total. The summed E-state index contributed by atoms with van der Waals surface area (Å²) in [5.74, 6) is -0.942. The number of hydrogen-bond donors (Lipinski definition) is 0. The van der Waals surface area contributed by atoms with Crippen LogP contribution in [0.2, 0.25) is 0 Å². The van der Waals surface area contributed by atoms with Crippen LogP contribution < -0.4 is 0 Å². The molecule has 466 valence electrons. The van der Waals surface area contributed by atoms with Crippen LogP contribution in [0.3, 0.4) is 0 Å². The number of ether oxygens (including phenoxy) is 3. The van der Waals surface area contributed by atoms with Gasteiger partial charge >= 0.3 is 17.9 Å². The van der Waals surface area contributed by atoms with Gasteiger partial charge in [0.1, 0.15) is 13.2 Å². The van der Waals surface area contributed by atoms with Crippen molar-refractivity contribution in [2.45, 2.75) is 284 Å². The third kappa shape index (κ3) is 67.4. The molecule has 0 heterocycles. The number of hydrogen-bond acceptors (Lipinski definition) is 6. The van der Waals surface area contributed by atoms with Crippen molar-refractivity contribution in [2.75, 3.05) is 13.2 Å². The molecule has 0 radical (unpaired) electrons. The highest BCUT2D eigenvalue weighted by Crippen LogP contribution is 2.15. The first-order chi connectivity index (χ1) is 41.0. The smallest absolute Gasteiger partial charge is 0.306 e. The summed E-state index contributed by atoms with van der Waals surface area (Å²) in [4.78, 5) is 38.3. The van der Waals surface area contributed by atoms with E-state index < -0.39 is 6.10 Å². The number of esters is 3. The van der Waals surface area contributed by atoms with Crippen molar-refractivity contribution in [1.82, 2.24) is 0 Å². The molecule has 0 aliphatic heterocycles. The molecule has 6 heteroatoms. The molecule has 0 rings (SSSR count). The van der Waals surface area contributed by atoms with Crippen LogP contribution in [0.25, 0.3) is 0 Å². The van der Waals surface area contributed by atoms with Gasteiger partial charge in [0.2, 0.25) is 0 Å². The molecule has 0 aromatic heterocycles. The van der Waals surface area contributed by atoms with E-state index in [4.69, 9.17) is 14.2 Å². The lowest BCUT2D eigenvalue weighted by Gasteiger charge is -2.18. The zero-order valence-corrected chi connectivity index (χ0v) is 53.4. The number of carbonyl (C=O) groups is 3. The SMILES string of the molecule is CC/C=C\C/C=C\C/C=C\C/C=C\C/C=C\C/C=C\C/C=C\C/C=C\CCCCCCCCC(=O)OCC(COC(=O)CCCCCCCCCCCCC)OC(=O)CCCCCC/C=C\C/C=C\C/C=C\C/C=C\C/C=C\C/C=C\CC. The van der Waals surface area contributed by atoms with Gasteiger partial charge in [-0.25, -0.2) is 0 Å². The van der Waals surface area contributed by atoms with Crippen molar-refractivity contribution in [3.63, 3.8) is 0 Å². The fraction of sp³-hybridized carbons (Fsp3) is 0.597. The maximum Gasteiger partial charge on any atom is 0.306 e. The highest BCUT2D eigenvalue weighted by Gasteiger charge is 2.19. The molecule has 1 unspecified atom stereocenters. The molecule has 0 aromatic carbocycles. The van der Waals surface area contributed by atoms with Crippen LogP contribution in [0, 0.1) is 0 Å². The van der Waals surface area contributed by atoms with Crippen molar-refractivity contribution in [1.29, 1.82) is 0 Å². The maximum absolute atomic E-state index is 12.9. The van der Waals surface area contributed by atoms with Crippen LogP contribution in [0.5, 0.6) is 0 Å². The first kappa shape index (κ1) is 77.8. The molecule has 0 saturated carbocycles. The van der Waals surface area contributed by atoms with Gasteiger partial charge in [0.15, 0.2) is 6.10 Å². The minimum atomic E-state index is -0.806. The number of rotatable bonds is 59. The van der Waals surface area contributed by atoms with E-state index in [-0.39, 0.29) is 37.5 Å². The summed E-state index contributed by atoms with van der Waals surface area (Å²) in [6.07, 6.45) is 102.